The molecule has 112 valence electrons. The Hall–Kier alpha value is -1.10. The average molecular weight is 280 g/mol. The number of piperidine rings is 1. The molecule has 0 bridgehead atoms. The molecule has 2 heterocycles. The van der Waals surface area contributed by atoms with Crippen molar-refractivity contribution in [2.45, 2.75) is 63.6 Å². The van der Waals surface area contributed by atoms with E-state index in [4.69, 9.17) is 4.74 Å². The summed E-state index contributed by atoms with van der Waals surface area (Å²) in [5, 5.41) is 0. The SMILES string of the molecule is CCOC1CC(N2CCC(=O)N3CCCCC3C2=O)C1. The molecule has 2 saturated heterocycles. The molecule has 3 aliphatic rings. The Morgan fingerprint density at radius 3 is 2.70 bits per heavy atom. The van der Waals surface area contributed by atoms with Crippen LogP contribution >= 0.6 is 0 Å². The Morgan fingerprint density at radius 2 is 1.95 bits per heavy atom. The summed E-state index contributed by atoms with van der Waals surface area (Å²) < 4.78 is 5.58. The van der Waals surface area contributed by atoms with Gasteiger partial charge in [-0.15, -0.1) is 0 Å². The molecule has 1 aliphatic carbocycles. The molecule has 0 radical (unpaired) electrons. The zero-order chi connectivity index (χ0) is 14.1. The summed E-state index contributed by atoms with van der Waals surface area (Å²) in [5.74, 6) is 0.335. The summed E-state index contributed by atoms with van der Waals surface area (Å²) in [6, 6.07) is 0.0959. The molecule has 5 heteroatoms. The monoisotopic (exact) mass is 280 g/mol. The fourth-order valence-corrected chi connectivity index (χ4v) is 3.67. The Bertz CT molecular complexity index is 393. The van der Waals surface area contributed by atoms with Gasteiger partial charge in [0.25, 0.3) is 0 Å². The first kappa shape index (κ1) is 13.9. The Balaban J connectivity index is 1.67. The lowest BCUT2D eigenvalue weighted by atomic mass is 9.87. The number of ether oxygens (including phenoxy) is 1. The molecule has 0 N–H and O–H groups in total. The van der Waals surface area contributed by atoms with Gasteiger partial charge >= 0.3 is 0 Å². The highest BCUT2D eigenvalue weighted by molar-refractivity contribution is 5.90. The summed E-state index contributed by atoms with van der Waals surface area (Å²) in [4.78, 5) is 28.7. The summed E-state index contributed by atoms with van der Waals surface area (Å²) in [7, 11) is 0. The number of hydrogen-bond acceptors (Lipinski definition) is 3. The Kier molecular flexibility index (Phi) is 3.96. The second-order valence-electron chi connectivity index (χ2n) is 6.08. The van der Waals surface area contributed by atoms with E-state index >= 15 is 0 Å². The number of carbonyl (C=O) groups is 2. The van der Waals surface area contributed by atoms with Gasteiger partial charge in [0.15, 0.2) is 0 Å². The van der Waals surface area contributed by atoms with Crippen LogP contribution in [0.5, 0.6) is 0 Å². The summed E-state index contributed by atoms with van der Waals surface area (Å²) in [5.41, 5.74) is 0. The van der Waals surface area contributed by atoms with Gasteiger partial charge in [0.05, 0.1) is 6.10 Å². The third-order valence-corrected chi connectivity index (χ3v) is 4.87. The van der Waals surface area contributed by atoms with Crippen LogP contribution in [0.2, 0.25) is 0 Å². The maximum absolute atomic E-state index is 12.7. The lowest BCUT2D eigenvalue weighted by molar-refractivity contribution is -0.147. The summed E-state index contributed by atoms with van der Waals surface area (Å²) >= 11 is 0. The number of amides is 2. The van der Waals surface area contributed by atoms with Gasteiger partial charge in [0.1, 0.15) is 6.04 Å². The second kappa shape index (κ2) is 5.72. The van der Waals surface area contributed by atoms with E-state index in [0.29, 0.717) is 19.1 Å². The quantitative estimate of drug-likeness (QED) is 0.779. The predicted octanol–water partition coefficient (Wildman–Crippen LogP) is 1.17. The minimum atomic E-state index is -0.190. The summed E-state index contributed by atoms with van der Waals surface area (Å²) in [6.07, 6.45) is 5.58. The van der Waals surface area contributed by atoms with Crippen LogP contribution in [0.1, 0.15) is 45.4 Å². The van der Waals surface area contributed by atoms with Gasteiger partial charge in [0.2, 0.25) is 11.8 Å². The standard InChI is InChI=1S/C15H24N2O3/c1-2-20-12-9-11(10-12)16-8-6-14(18)17-7-4-3-5-13(17)15(16)19/h11-13H,2-10H2,1H3. The van der Waals surface area contributed by atoms with Crippen molar-refractivity contribution in [2.24, 2.45) is 0 Å². The molecule has 1 atom stereocenters. The molecular weight excluding hydrogens is 256 g/mol. The number of fused-ring (bicyclic) bond motifs is 1. The van der Waals surface area contributed by atoms with Crippen molar-refractivity contribution >= 4 is 11.8 Å². The van der Waals surface area contributed by atoms with Crippen LogP contribution in [0, 0.1) is 0 Å². The van der Waals surface area contributed by atoms with E-state index in [9.17, 15) is 9.59 Å². The van der Waals surface area contributed by atoms with Gasteiger partial charge in [-0.2, -0.15) is 0 Å². The van der Waals surface area contributed by atoms with E-state index in [-0.39, 0.29) is 23.9 Å². The molecular formula is C15H24N2O3. The number of carbonyl (C=O) groups excluding carboxylic acids is 2. The zero-order valence-corrected chi connectivity index (χ0v) is 12.2. The molecule has 20 heavy (non-hydrogen) atoms. The van der Waals surface area contributed by atoms with Crippen LogP contribution in [-0.2, 0) is 14.3 Å². The van der Waals surface area contributed by atoms with Crippen LogP contribution in [0.25, 0.3) is 0 Å². The average Bonchev–Trinajstić information content (AvgIpc) is 2.54. The van der Waals surface area contributed by atoms with Crippen LogP contribution in [0.15, 0.2) is 0 Å². The van der Waals surface area contributed by atoms with Crippen molar-refractivity contribution in [3.05, 3.63) is 0 Å². The van der Waals surface area contributed by atoms with Crippen molar-refractivity contribution in [3.63, 3.8) is 0 Å². The largest absolute Gasteiger partial charge is 0.378 e. The fourth-order valence-electron chi connectivity index (χ4n) is 3.67. The highest BCUT2D eigenvalue weighted by Crippen LogP contribution is 2.32. The molecule has 0 aromatic rings. The van der Waals surface area contributed by atoms with Gasteiger partial charge in [0, 0.05) is 32.2 Å². The minimum Gasteiger partial charge on any atom is -0.378 e. The third kappa shape index (κ3) is 2.43. The molecule has 3 fully saturated rings. The van der Waals surface area contributed by atoms with Gasteiger partial charge < -0.3 is 14.5 Å². The van der Waals surface area contributed by atoms with Crippen LogP contribution in [-0.4, -0.2) is 59.5 Å². The van der Waals surface area contributed by atoms with Gasteiger partial charge in [-0.05, 0) is 39.0 Å². The highest BCUT2D eigenvalue weighted by atomic mass is 16.5. The van der Waals surface area contributed by atoms with Crippen molar-refractivity contribution in [3.8, 4) is 0 Å². The van der Waals surface area contributed by atoms with Crippen molar-refractivity contribution in [2.75, 3.05) is 19.7 Å². The first-order valence-electron chi connectivity index (χ1n) is 7.92. The number of hydrogen-bond donors (Lipinski definition) is 0. The maximum atomic E-state index is 12.7. The topological polar surface area (TPSA) is 49.9 Å². The minimum absolute atomic E-state index is 0.159. The fraction of sp³-hybridized carbons (Fsp3) is 0.867. The molecule has 1 unspecified atom stereocenters. The Morgan fingerprint density at radius 1 is 1.15 bits per heavy atom. The predicted molar refractivity (Wildman–Crippen MR) is 74.1 cm³/mol. The molecule has 5 nitrogen and oxygen atoms in total. The first-order valence-corrected chi connectivity index (χ1v) is 7.92. The molecule has 0 aromatic heterocycles. The van der Waals surface area contributed by atoms with E-state index in [1.54, 1.807) is 0 Å². The number of rotatable bonds is 3. The molecule has 1 saturated carbocycles. The number of nitrogens with zero attached hydrogens (tertiary/aromatic N) is 2. The van der Waals surface area contributed by atoms with Crippen molar-refractivity contribution < 1.29 is 14.3 Å². The van der Waals surface area contributed by atoms with Crippen molar-refractivity contribution in [1.29, 1.82) is 0 Å². The normalized spacial score (nSPS) is 34.5. The first-order chi connectivity index (χ1) is 9.70. The van der Waals surface area contributed by atoms with E-state index in [0.717, 1.165) is 45.3 Å². The molecule has 0 spiro atoms. The van der Waals surface area contributed by atoms with Crippen LogP contribution < -0.4 is 0 Å². The van der Waals surface area contributed by atoms with E-state index in [1.165, 1.54) is 0 Å². The van der Waals surface area contributed by atoms with Gasteiger partial charge in [-0.25, -0.2) is 0 Å². The maximum Gasteiger partial charge on any atom is 0.245 e. The highest BCUT2D eigenvalue weighted by Gasteiger charge is 2.43. The van der Waals surface area contributed by atoms with Crippen molar-refractivity contribution in [1.82, 2.24) is 9.80 Å². The Labute approximate surface area is 120 Å². The lowest BCUT2D eigenvalue weighted by Crippen LogP contribution is -2.55. The van der Waals surface area contributed by atoms with E-state index in [1.807, 2.05) is 16.7 Å². The lowest BCUT2D eigenvalue weighted by Gasteiger charge is -2.43. The van der Waals surface area contributed by atoms with E-state index in [2.05, 4.69) is 0 Å². The van der Waals surface area contributed by atoms with Crippen LogP contribution in [0.4, 0.5) is 0 Å². The molecule has 2 amide bonds. The molecule has 3 rings (SSSR count). The second-order valence-corrected chi connectivity index (χ2v) is 6.08. The van der Waals surface area contributed by atoms with Crippen LogP contribution in [0.3, 0.4) is 0 Å². The van der Waals surface area contributed by atoms with Gasteiger partial charge in [-0.1, -0.05) is 0 Å². The smallest absolute Gasteiger partial charge is 0.245 e. The third-order valence-electron chi connectivity index (χ3n) is 4.87. The molecule has 0 aromatic carbocycles. The summed E-state index contributed by atoms with van der Waals surface area (Å²) in [6.45, 7) is 4.09. The van der Waals surface area contributed by atoms with E-state index < -0.39 is 0 Å². The zero-order valence-electron chi connectivity index (χ0n) is 12.2. The molecule has 2 aliphatic heterocycles. The van der Waals surface area contributed by atoms with Gasteiger partial charge in [-0.3, -0.25) is 9.59 Å².